The Morgan fingerprint density at radius 3 is 2.76 bits per heavy atom. The Kier molecular flexibility index (Phi) is 4.70. The molecular weight excluding hydrogens is 398 g/mol. The summed E-state index contributed by atoms with van der Waals surface area (Å²) in [6.07, 6.45) is 0.402. The number of carbonyl (C=O) groups is 1. The van der Waals surface area contributed by atoms with Gasteiger partial charge in [0.15, 0.2) is 16.4 Å². The van der Waals surface area contributed by atoms with Crippen LogP contribution in [0.1, 0.15) is 6.42 Å². The first kappa shape index (κ1) is 19.3. The number of sulfone groups is 1. The smallest absolute Gasteiger partial charge is 0.260 e. The molecule has 8 nitrogen and oxygen atoms in total. The van der Waals surface area contributed by atoms with E-state index in [-0.39, 0.29) is 58.0 Å². The SMILES string of the molecule is CN(C(=O)COc1cc(O)c2c(=O)c3ccccc3oc2c1)C1CCS(=O)(=O)C1. The van der Waals surface area contributed by atoms with Crippen molar-refractivity contribution < 1.29 is 27.5 Å². The van der Waals surface area contributed by atoms with E-state index in [4.69, 9.17) is 9.15 Å². The van der Waals surface area contributed by atoms with Crippen LogP contribution in [0.15, 0.2) is 45.6 Å². The summed E-state index contributed by atoms with van der Waals surface area (Å²) in [4.78, 5) is 26.3. The van der Waals surface area contributed by atoms with Gasteiger partial charge in [0.05, 0.1) is 16.9 Å². The zero-order valence-electron chi connectivity index (χ0n) is 15.6. The van der Waals surface area contributed by atoms with E-state index in [0.717, 1.165) is 0 Å². The van der Waals surface area contributed by atoms with Crippen molar-refractivity contribution in [3.63, 3.8) is 0 Å². The van der Waals surface area contributed by atoms with Gasteiger partial charge in [0.25, 0.3) is 5.91 Å². The van der Waals surface area contributed by atoms with Crippen LogP contribution in [0, 0.1) is 0 Å². The van der Waals surface area contributed by atoms with Crippen molar-refractivity contribution in [1.82, 2.24) is 4.90 Å². The first-order chi connectivity index (χ1) is 13.7. The summed E-state index contributed by atoms with van der Waals surface area (Å²) in [5.74, 6) is -0.507. The predicted molar refractivity (Wildman–Crippen MR) is 107 cm³/mol. The van der Waals surface area contributed by atoms with Crippen LogP contribution in [0.2, 0.25) is 0 Å². The second-order valence-electron chi connectivity index (χ2n) is 7.09. The number of carbonyl (C=O) groups excluding carboxylic acids is 1. The third-order valence-corrected chi connectivity index (χ3v) is 6.90. The molecule has 1 unspecified atom stereocenters. The molecule has 2 heterocycles. The van der Waals surface area contributed by atoms with E-state index in [0.29, 0.717) is 17.4 Å². The number of hydrogen-bond acceptors (Lipinski definition) is 7. The topological polar surface area (TPSA) is 114 Å². The van der Waals surface area contributed by atoms with Gasteiger partial charge in [-0.05, 0) is 18.6 Å². The molecule has 0 aliphatic carbocycles. The largest absolute Gasteiger partial charge is 0.507 e. The third-order valence-electron chi connectivity index (χ3n) is 5.15. The molecule has 1 amide bonds. The van der Waals surface area contributed by atoms with E-state index < -0.39 is 9.84 Å². The number of likely N-dealkylation sites (N-methyl/N-ethyl adjacent to an activating group) is 1. The number of benzene rings is 2. The van der Waals surface area contributed by atoms with E-state index in [1.807, 2.05) is 0 Å². The van der Waals surface area contributed by atoms with E-state index >= 15 is 0 Å². The van der Waals surface area contributed by atoms with Crippen LogP contribution in [-0.4, -0.2) is 55.5 Å². The molecule has 0 radical (unpaired) electrons. The van der Waals surface area contributed by atoms with Crippen molar-refractivity contribution in [2.24, 2.45) is 0 Å². The molecule has 1 aromatic heterocycles. The third kappa shape index (κ3) is 3.65. The first-order valence-corrected chi connectivity index (χ1v) is 10.8. The van der Waals surface area contributed by atoms with Crippen molar-refractivity contribution in [2.75, 3.05) is 25.2 Å². The number of hydrogen-bond donors (Lipinski definition) is 1. The molecule has 29 heavy (non-hydrogen) atoms. The molecule has 9 heteroatoms. The zero-order valence-corrected chi connectivity index (χ0v) is 16.4. The molecule has 3 aromatic rings. The van der Waals surface area contributed by atoms with Gasteiger partial charge in [-0.25, -0.2) is 8.42 Å². The molecule has 2 aromatic carbocycles. The number of rotatable bonds is 4. The normalized spacial score (nSPS) is 18.2. The highest BCUT2D eigenvalue weighted by Gasteiger charge is 2.32. The highest BCUT2D eigenvalue weighted by Crippen LogP contribution is 2.30. The first-order valence-electron chi connectivity index (χ1n) is 9.02. The maximum Gasteiger partial charge on any atom is 0.260 e. The van der Waals surface area contributed by atoms with Gasteiger partial charge in [-0.3, -0.25) is 9.59 Å². The van der Waals surface area contributed by atoms with Crippen LogP contribution in [0.3, 0.4) is 0 Å². The fraction of sp³-hybridized carbons (Fsp3) is 0.300. The zero-order chi connectivity index (χ0) is 20.8. The molecule has 152 valence electrons. The molecule has 1 aliphatic heterocycles. The predicted octanol–water partition coefficient (Wildman–Crippen LogP) is 1.68. The lowest BCUT2D eigenvalue weighted by molar-refractivity contribution is -0.133. The minimum Gasteiger partial charge on any atom is -0.507 e. The Bertz CT molecular complexity index is 1280. The van der Waals surface area contributed by atoms with Gasteiger partial charge in [-0.2, -0.15) is 0 Å². The number of amides is 1. The summed E-state index contributed by atoms with van der Waals surface area (Å²) in [7, 11) is -1.56. The van der Waals surface area contributed by atoms with E-state index in [2.05, 4.69) is 0 Å². The molecule has 0 saturated carbocycles. The molecule has 1 N–H and O–H groups in total. The molecule has 1 atom stereocenters. The maximum absolute atomic E-state index is 12.6. The summed E-state index contributed by atoms with van der Waals surface area (Å²) in [6.45, 7) is -0.337. The number of ether oxygens (including phenoxy) is 1. The van der Waals surface area contributed by atoms with Crippen molar-refractivity contribution in [3.05, 3.63) is 46.6 Å². The second kappa shape index (κ2) is 7.07. The van der Waals surface area contributed by atoms with Crippen LogP contribution in [0.25, 0.3) is 21.9 Å². The van der Waals surface area contributed by atoms with Crippen LogP contribution < -0.4 is 10.2 Å². The Hall–Kier alpha value is -3.07. The van der Waals surface area contributed by atoms with Crippen molar-refractivity contribution in [1.29, 1.82) is 0 Å². The molecule has 1 aliphatic rings. The fourth-order valence-electron chi connectivity index (χ4n) is 3.50. The lowest BCUT2D eigenvalue weighted by atomic mass is 10.1. The lowest BCUT2D eigenvalue weighted by Crippen LogP contribution is -2.40. The quantitative estimate of drug-likeness (QED) is 0.642. The minimum absolute atomic E-state index is 0.0376. The monoisotopic (exact) mass is 417 g/mol. The van der Waals surface area contributed by atoms with Gasteiger partial charge in [0, 0.05) is 25.2 Å². The number of phenolic OH excluding ortho intramolecular Hbond substituents is 1. The van der Waals surface area contributed by atoms with Crippen LogP contribution in [-0.2, 0) is 14.6 Å². The van der Waals surface area contributed by atoms with Gasteiger partial charge >= 0.3 is 0 Å². The molecule has 1 saturated heterocycles. The van der Waals surface area contributed by atoms with E-state index in [1.54, 1.807) is 31.3 Å². The second-order valence-corrected chi connectivity index (χ2v) is 9.32. The molecular formula is C20H19NO7S. The van der Waals surface area contributed by atoms with E-state index in [1.165, 1.54) is 17.0 Å². The minimum atomic E-state index is -3.10. The van der Waals surface area contributed by atoms with Crippen molar-refractivity contribution in [3.8, 4) is 11.5 Å². The van der Waals surface area contributed by atoms with Gasteiger partial charge < -0.3 is 19.2 Å². The Balaban J connectivity index is 1.56. The summed E-state index contributed by atoms with van der Waals surface area (Å²) < 4.78 is 34.4. The molecule has 4 rings (SSSR count). The van der Waals surface area contributed by atoms with E-state index in [9.17, 15) is 23.1 Å². The van der Waals surface area contributed by atoms with Gasteiger partial charge in [-0.1, -0.05) is 12.1 Å². The summed E-state index contributed by atoms with van der Waals surface area (Å²) in [5, 5.41) is 10.7. The number of para-hydroxylation sites is 1. The fourth-order valence-corrected chi connectivity index (χ4v) is 5.27. The van der Waals surface area contributed by atoms with Crippen molar-refractivity contribution in [2.45, 2.75) is 12.5 Å². The number of phenols is 1. The standard InChI is InChI=1S/C20H19NO7S/c1-21(12-6-7-29(25,26)11-12)18(23)10-27-13-8-15(22)19-17(9-13)28-16-5-3-2-4-14(16)20(19)24/h2-5,8-9,12,22H,6-7,10-11H2,1H3. The maximum atomic E-state index is 12.6. The summed E-state index contributed by atoms with van der Waals surface area (Å²) >= 11 is 0. The highest BCUT2D eigenvalue weighted by atomic mass is 32.2. The van der Waals surface area contributed by atoms with Crippen LogP contribution in [0.4, 0.5) is 0 Å². The van der Waals surface area contributed by atoms with Crippen LogP contribution >= 0.6 is 0 Å². The molecule has 0 spiro atoms. The summed E-state index contributed by atoms with van der Waals surface area (Å²) in [6, 6.07) is 9.02. The Labute approximate surface area is 166 Å². The Morgan fingerprint density at radius 1 is 1.28 bits per heavy atom. The average Bonchev–Trinajstić information content (AvgIpc) is 3.05. The summed E-state index contributed by atoms with van der Waals surface area (Å²) in [5.41, 5.74) is 0.162. The Morgan fingerprint density at radius 2 is 2.03 bits per heavy atom. The van der Waals surface area contributed by atoms with Gasteiger partial charge in [-0.15, -0.1) is 0 Å². The van der Waals surface area contributed by atoms with Gasteiger partial charge in [0.1, 0.15) is 28.1 Å². The van der Waals surface area contributed by atoms with Gasteiger partial charge in [0.2, 0.25) is 5.43 Å². The number of aromatic hydroxyl groups is 1. The average molecular weight is 417 g/mol. The van der Waals surface area contributed by atoms with Crippen LogP contribution in [0.5, 0.6) is 11.5 Å². The number of fused-ring (bicyclic) bond motifs is 2. The molecule has 0 bridgehead atoms. The number of nitrogens with zero attached hydrogens (tertiary/aromatic N) is 1. The molecule has 1 fully saturated rings. The lowest BCUT2D eigenvalue weighted by Gasteiger charge is -2.23. The van der Waals surface area contributed by atoms with Crippen molar-refractivity contribution >= 4 is 37.7 Å². The highest BCUT2D eigenvalue weighted by molar-refractivity contribution is 7.91.